The van der Waals surface area contributed by atoms with Crippen LogP contribution in [0.25, 0.3) is 0 Å². The Morgan fingerprint density at radius 3 is 3.05 bits per heavy atom. The smallest absolute Gasteiger partial charge is 0.262 e. The molecule has 2 amide bonds. The van der Waals surface area contributed by atoms with Gasteiger partial charge in [0, 0.05) is 31.5 Å². The summed E-state index contributed by atoms with van der Waals surface area (Å²) in [7, 11) is 1.73. The van der Waals surface area contributed by atoms with E-state index in [2.05, 4.69) is 10.3 Å². The third-order valence-electron chi connectivity index (χ3n) is 3.35. The standard InChI is InChI=1S/C16H15N3O3/c1-19(9-11-3-2-6-17-8-11)16(21)12-4-5-14-13(7-12)18-15(20)10-22-14/h2-8H,9-10H2,1H3,(H,18,20). The van der Waals surface area contributed by atoms with Gasteiger partial charge in [-0.05, 0) is 29.8 Å². The van der Waals surface area contributed by atoms with Crippen LogP contribution in [0.15, 0.2) is 42.7 Å². The lowest BCUT2D eigenvalue weighted by Gasteiger charge is -2.20. The number of nitrogens with zero attached hydrogens (tertiary/aromatic N) is 2. The summed E-state index contributed by atoms with van der Waals surface area (Å²) >= 11 is 0. The Bertz CT molecular complexity index is 716. The predicted octanol–water partition coefficient (Wildman–Crippen LogP) is 1.68. The first-order valence-corrected chi connectivity index (χ1v) is 6.84. The van der Waals surface area contributed by atoms with E-state index in [0.29, 0.717) is 23.5 Å². The fraction of sp³-hybridized carbons (Fsp3) is 0.188. The molecule has 1 aromatic heterocycles. The van der Waals surface area contributed by atoms with E-state index in [9.17, 15) is 9.59 Å². The Kier molecular flexibility index (Phi) is 3.74. The van der Waals surface area contributed by atoms with Crippen molar-refractivity contribution in [2.75, 3.05) is 19.0 Å². The van der Waals surface area contributed by atoms with Gasteiger partial charge in [-0.2, -0.15) is 0 Å². The molecule has 2 aromatic rings. The first kappa shape index (κ1) is 14.1. The second-order valence-electron chi connectivity index (χ2n) is 5.07. The zero-order chi connectivity index (χ0) is 15.5. The lowest BCUT2D eigenvalue weighted by atomic mass is 10.1. The fourth-order valence-electron chi connectivity index (χ4n) is 2.27. The average Bonchev–Trinajstić information content (AvgIpc) is 2.54. The molecule has 6 nitrogen and oxygen atoms in total. The van der Waals surface area contributed by atoms with Crippen molar-refractivity contribution in [3.05, 3.63) is 53.9 Å². The first-order valence-electron chi connectivity index (χ1n) is 6.84. The number of aromatic nitrogens is 1. The summed E-state index contributed by atoms with van der Waals surface area (Å²) in [6, 6.07) is 8.77. The van der Waals surface area contributed by atoms with Crippen molar-refractivity contribution in [3.63, 3.8) is 0 Å². The van der Waals surface area contributed by atoms with Gasteiger partial charge in [0.1, 0.15) is 5.75 Å². The summed E-state index contributed by atoms with van der Waals surface area (Å²) in [5.41, 5.74) is 1.97. The van der Waals surface area contributed by atoms with Crippen LogP contribution in [0.5, 0.6) is 5.75 Å². The van der Waals surface area contributed by atoms with Gasteiger partial charge in [0.15, 0.2) is 6.61 Å². The molecule has 3 rings (SSSR count). The van der Waals surface area contributed by atoms with Crippen molar-refractivity contribution >= 4 is 17.5 Å². The molecule has 0 atom stereocenters. The number of nitrogens with one attached hydrogen (secondary N) is 1. The minimum atomic E-state index is -0.221. The number of benzene rings is 1. The lowest BCUT2D eigenvalue weighted by molar-refractivity contribution is -0.118. The Labute approximate surface area is 127 Å². The number of ether oxygens (including phenoxy) is 1. The van der Waals surface area contributed by atoms with Gasteiger partial charge in [0.2, 0.25) is 0 Å². The molecule has 0 aliphatic carbocycles. The molecular formula is C16H15N3O3. The number of carbonyl (C=O) groups excluding carboxylic acids is 2. The van der Waals surface area contributed by atoms with Gasteiger partial charge in [-0.15, -0.1) is 0 Å². The third-order valence-corrected chi connectivity index (χ3v) is 3.35. The van der Waals surface area contributed by atoms with E-state index < -0.39 is 0 Å². The van der Waals surface area contributed by atoms with E-state index in [-0.39, 0.29) is 18.4 Å². The maximum Gasteiger partial charge on any atom is 0.262 e. The Balaban J connectivity index is 1.77. The molecular weight excluding hydrogens is 282 g/mol. The number of pyridine rings is 1. The highest BCUT2D eigenvalue weighted by Crippen LogP contribution is 2.28. The molecule has 1 aromatic carbocycles. The summed E-state index contributed by atoms with van der Waals surface area (Å²) in [5.74, 6) is 0.221. The largest absolute Gasteiger partial charge is 0.482 e. The number of hydrogen-bond acceptors (Lipinski definition) is 4. The van der Waals surface area contributed by atoms with Gasteiger partial charge < -0.3 is 15.0 Å². The Morgan fingerprint density at radius 2 is 2.27 bits per heavy atom. The maximum atomic E-state index is 12.5. The van der Waals surface area contributed by atoms with Crippen molar-refractivity contribution in [3.8, 4) is 5.75 Å². The molecule has 1 aliphatic heterocycles. The second-order valence-corrected chi connectivity index (χ2v) is 5.07. The lowest BCUT2D eigenvalue weighted by Crippen LogP contribution is -2.28. The summed E-state index contributed by atoms with van der Waals surface area (Å²) in [6.45, 7) is 0.466. The van der Waals surface area contributed by atoms with E-state index >= 15 is 0 Å². The monoisotopic (exact) mass is 297 g/mol. The van der Waals surface area contributed by atoms with Crippen molar-refractivity contribution < 1.29 is 14.3 Å². The molecule has 1 aliphatic rings. The summed E-state index contributed by atoms with van der Waals surface area (Å²) < 4.78 is 5.28. The highest BCUT2D eigenvalue weighted by molar-refractivity contribution is 5.99. The van der Waals surface area contributed by atoms with Crippen LogP contribution in [0.4, 0.5) is 5.69 Å². The maximum absolute atomic E-state index is 12.5. The normalized spacial score (nSPS) is 12.9. The van der Waals surface area contributed by atoms with Crippen LogP contribution in [0.1, 0.15) is 15.9 Å². The zero-order valence-electron chi connectivity index (χ0n) is 12.1. The van der Waals surface area contributed by atoms with Gasteiger partial charge in [0.05, 0.1) is 5.69 Å². The molecule has 0 bridgehead atoms. The van der Waals surface area contributed by atoms with E-state index in [1.807, 2.05) is 12.1 Å². The second kappa shape index (κ2) is 5.85. The Morgan fingerprint density at radius 1 is 1.41 bits per heavy atom. The molecule has 0 radical (unpaired) electrons. The quantitative estimate of drug-likeness (QED) is 0.935. The van der Waals surface area contributed by atoms with Crippen LogP contribution in [0, 0.1) is 0 Å². The number of anilines is 1. The highest BCUT2D eigenvalue weighted by atomic mass is 16.5. The number of fused-ring (bicyclic) bond motifs is 1. The number of carbonyl (C=O) groups is 2. The van der Waals surface area contributed by atoms with Crippen molar-refractivity contribution in [1.29, 1.82) is 0 Å². The van der Waals surface area contributed by atoms with E-state index in [1.54, 1.807) is 42.5 Å². The van der Waals surface area contributed by atoms with Crippen LogP contribution in [0.3, 0.4) is 0 Å². The molecule has 0 unspecified atom stereocenters. The SMILES string of the molecule is CN(Cc1cccnc1)C(=O)c1ccc2c(c1)NC(=O)CO2. The molecule has 1 N–H and O–H groups in total. The third kappa shape index (κ3) is 2.90. The predicted molar refractivity (Wildman–Crippen MR) is 80.6 cm³/mol. The average molecular weight is 297 g/mol. The van der Waals surface area contributed by atoms with E-state index in [0.717, 1.165) is 5.56 Å². The van der Waals surface area contributed by atoms with Gasteiger partial charge >= 0.3 is 0 Å². The molecule has 112 valence electrons. The zero-order valence-corrected chi connectivity index (χ0v) is 12.1. The summed E-state index contributed by atoms with van der Waals surface area (Å²) in [5, 5.41) is 2.70. The number of amides is 2. The summed E-state index contributed by atoms with van der Waals surface area (Å²) in [6.07, 6.45) is 3.42. The van der Waals surface area contributed by atoms with Crippen molar-refractivity contribution in [2.45, 2.75) is 6.54 Å². The van der Waals surface area contributed by atoms with Gasteiger partial charge in [-0.1, -0.05) is 6.07 Å². The van der Waals surface area contributed by atoms with E-state index in [1.165, 1.54) is 0 Å². The van der Waals surface area contributed by atoms with Gasteiger partial charge in [-0.3, -0.25) is 14.6 Å². The molecule has 0 spiro atoms. The van der Waals surface area contributed by atoms with Gasteiger partial charge in [-0.25, -0.2) is 0 Å². The topological polar surface area (TPSA) is 71.5 Å². The van der Waals surface area contributed by atoms with Crippen LogP contribution in [-0.2, 0) is 11.3 Å². The highest BCUT2D eigenvalue weighted by Gasteiger charge is 2.19. The molecule has 2 heterocycles. The fourth-order valence-corrected chi connectivity index (χ4v) is 2.27. The van der Waals surface area contributed by atoms with Crippen LogP contribution >= 0.6 is 0 Å². The van der Waals surface area contributed by atoms with Crippen LogP contribution in [0.2, 0.25) is 0 Å². The molecule has 22 heavy (non-hydrogen) atoms. The van der Waals surface area contributed by atoms with Crippen molar-refractivity contribution in [1.82, 2.24) is 9.88 Å². The molecule has 0 saturated heterocycles. The molecule has 0 saturated carbocycles. The first-order chi connectivity index (χ1) is 10.6. The number of rotatable bonds is 3. The molecule has 6 heteroatoms. The van der Waals surface area contributed by atoms with Crippen molar-refractivity contribution in [2.24, 2.45) is 0 Å². The van der Waals surface area contributed by atoms with E-state index in [4.69, 9.17) is 4.74 Å². The Hall–Kier alpha value is -2.89. The minimum Gasteiger partial charge on any atom is -0.482 e. The van der Waals surface area contributed by atoms with Crippen LogP contribution in [-0.4, -0.2) is 35.4 Å². The molecule has 0 fully saturated rings. The van der Waals surface area contributed by atoms with Crippen LogP contribution < -0.4 is 10.1 Å². The summed E-state index contributed by atoms with van der Waals surface area (Å²) in [4.78, 5) is 29.4. The minimum absolute atomic E-state index is 0.00119. The number of hydrogen-bond donors (Lipinski definition) is 1. The van der Waals surface area contributed by atoms with Gasteiger partial charge in [0.25, 0.3) is 11.8 Å².